The van der Waals surface area contributed by atoms with Gasteiger partial charge in [-0.2, -0.15) is 5.10 Å². The molecule has 1 aromatic heterocycles. The number of benzene rings is 1. The summed E-state index contributed by atoms with van der Waals surface area (Å²) in [7, 11) is 1.77. The third-order valence-corrected chi connectivity index (χ3v) is 3.52. The van der Waals surface area contributed by atoms with Crippen molar-refractivity contribution in [3.63, 3.8) is 0 Å². The van der Waals surface area contributed by atoms with Crippen molar-refractivity contribution in [3.05, 3.63) is 53.3 Å². The Bertz CT molecular complexity index is 583. The van der Waals surface area contributed by atoms with Crippen molar-refractivity contribution in [2.24, 2.45) is 10.9 Å². The second-order valence-electron chi connectivity index (χ2n) is 5.27. The van der Waals surface area contributed by atoms with Gasteiger partial charge in [0.2, 0.25) is 0 Å². The van der Waals surface area contributed by atoms with Crippen LogP contribution in [-0.4, -0.2) is 29.3 Å². The summed E-state index contributed by atoms with van der Waals surface area (Å²) in [4.78, 5) is 4.24. The summed E-state index contributed by atoms with van der Waals surface area (Å²) in [5.41, 5.74) is 1.16. The van der Waals surface area contributed by atoms with Gasteiger partial charge in [-0.05, 0) is 29.7 Å². The van der Waals surface area contributed by atoms with Crippen LogP contribution in [0.1, 0.15) is 12.5 Å². The molecule has 0 aliphatic rings. The summed E-state index contributed by atoms with van der Waals surface area (Å²) in [6, 6.07) is 9.72. The Kier molecular flexibility index (Phi) is 9.01. The first kappa shape index (κ1) is 19.8. The molecule has 0 aliphatic carbocycles. The average molecular weight is 448 g/mol. The molecule has 5 nitrogen and oxygen atoms in total. The highest BCUT2D eigenvalue weighted by Gasteiger charge is 2.05. The molecule has 1 heterocycles. The maximum absolute atomic E-state index is 5.88. The van der Waals surface area contributed by atoms with E-state index in [-0.39, 0.29) is 24.0 Å². The third-order valence-electron chi connectivity index (χ3n) is 3.27. The highest BCUT2D eigenvalue weighted by atomic mass is 127. The zero-order valence-electron chi connectivity index (χ0n) is 13.4. The molecule has 1 unspecified atom stereocenters. The lowest BCUT2D eigenvalue weighted by Gasteiger charge is -2.16. The standard InChI is InChI=1S/C16H22ClN5.HI/c1-13(12-22-9-3-8-21-22)10-19-16(18-2)20-11-14-4-6-15(17)7-5-14;/h3-9,13H,10-12H2,1-2H3,(H2,18,19,20);1H. The quantitative estimate of drug-likeness (QED) is 0.406. The first-order valence-electron chi connectivity index (χ1n) is 7.33. The minimum absolute atomic E-state index is 0. The number of aliphatic imine (C=N–C) groups is 1. The average Bonchev–Trinajstić information content (AvgIpc) is 3.02. The van der Waals surface area contributed by atoms with Gasteiger partial charge in [0.15, 0.2) is 5.96 Å². The monoisotopic (exact) mass is 447 g/mol. The first-order chi connectivity index (χ1) is 10.7. The van der Waals surface area contributed by atoms with Crippen molar-refractivity contribution in [1.82, 2.24) is 20.4 Å². The van der Waals surface area contributed by atoms with E-state index in [1.54, 1.807) is 13.2 Å². The topological polar surface area (TPSA) is 54.2 Å². The van der Waals surface area contributed by atoms with E-state index >= 15 is 0 Å². The summed E-state index contributed by atoms with van der Waals surface area (Å²) in [6.07, 6.45) is 3.77. The van der Waals surface area contributed by atoms with E-state index in [2.05, 4.69) is 27.6 Å². The molecule has 2 aromatic rings. The van der Waals surface area contributed by atoms with Crippen molar-refractivity contribution in [2.75, 3.05) is 13.6 Å². The normalized spacial score (nSPS) is 12.4. The smallest absolute Gasteiger partial charge is 0.191 e. The molecule has 0 aliphatic heterocycles. The van der Waals surface area contributed by atoms with Crippen molar-refractivity contribution in [2.45, 2.75) is 20.0 Å². The van der Waals surface area contributed by atoms with Crippen LogP contribution in [0.5, 0.6) is 0 Å². The maximum Gasteiger partial charge on any atom is 0.191 e. The zero-order valence-corrected chi connectivity index (χ0v) is 16.5. The Labute approximate surface area is 159 Å². The lowest BCUT2D eigenvalue weighted by Crippen LogP contribution is -2.39. The Morgan fingerprint density at radius 1 is 1.30 bits per heavy atom. The third kappa shape index (κ3) is 7.22. The molecular weight excluding hydrogens is 425 g/mol. The Hall–Kier alpha value is -1.28. The van der Waals surface area contributed by atoms with Gasteiger partial charge in [-0.15, -0.1) is 24.0 Å². The van der Waals surface area contributed by atoms with E-state index in [1.165, 1.54) is 0 Å². The Balaban J connectivity index is 0.00000264. The first-order valence-corrected chi connectivity index (χ1v) is 7.71. The van der Waals surface area contributed by atoms with Gasteiger partial charge in [0.1, 0.15) is 0 Å². The van der Waals surface area contributed by atoms with E-state index in [0.29, 0.717) is 12.5 Å². The van der Waals surface area contributed by atoms with Crippen LogP contribution in [0.15, 0.2) is 47.7 Å². The predicted octanol–water partition coefficient (Wildman–Crippen LogP) is 3.16. The van der Waals surface area contributed by atoms with Gasteiger partial charge in [-0.1, -0.05) is 30.7 Å². The second kappa shape index (κ2) is 10.5. The maximum atomic E-state index is 5.88. The molecular formula is C16H23ClIN5. The van der Waals surface area contributed by atoms with Crippen LogP contribution in [0.2, 0.25) is 5.02 Å². The van der Waals surface area contributed by atoms with Gasteiger partial charge in [0.05, 0.1) is 0 Å². The molecule has 2 N–H and O–H groups in total. The van der Waals surface area contributed by atoms with Crippen LogP contribution >= 0.6 is 35.6 Å². The van der Waals surface area contributed by atoms with Crippen molar-refractivity contribution in [3.8, 4) is 0 Å². The number of guanidine groups is 1. The van der Waals surface area contributed by atoms with Gasteiger partial charge in [0.25, 0.3) is 0 Å². The fourth-order valence-electron chi connectivity index (χ4n) is 2.07. The molecule has 1 atom stereocenters. The number of hydrogen-bond acceptors (Lipinski definition) is 2. The second-order valence-corrected chi connectivity index (χ2v) is 5.70. The number of hydrogen-bond donors (Lipinski definition) is 2. The zero-order chi connectivity index (χ0) is 15.8. The van der Waals surface area contributed by atoms with Gasteiger partial charge in [-0.3, -0.25) is 9.67 Å². The number of nitrogens with one attached hydrogen (secondary N) is 2. The molecule has 0 bridgehead atoms. The van der Waals surface area contributed by atoms with Gasteiger partial charge in [0, 0.05) is 44.1 Å². The Morgan fingerprint density at radius 2 is 2.04 bits per heavy atom. The molecule has 1 aromatic carbocycles. The van der Waals surface area contributed by atoms with E-state index in [0.717, 1.165) is 29.6 Å². The summed E-state index contributed by atoms with van der Waals surface area (Å²) in [6.45, 7) is 4.61. The lowest BCUT2D eigenvalue weighted by molar-refractivity contribution is 0.443. The molecule has 0 radical (unpaired) electrons. The number of nitrogens with zero attached hydrogens (tertiary/aromatic N) is 3. The molecule has 0 amide bonds. The summed E-state index contributed by atoms with van der Waals surface area (Å²) in [5.74, 6) is 1.25. The number of halogens is 2. The van der Waals surface area contributed by atoms with Crippen molar-refractivity contribution >= 4 is 41.5 Å². The summed E-state index contributed by atoms with van der Waals surface area (Å²) in [5, 5.41) is 11.6. The minimum Gasteiger partial charge on any atom is -0.356 e. The molecule has 126 valence electrons. The molecule has 7 heteroatoms. The molecule has 0 saturated heterocycles. The van der Waals surface area contributed by atoms with Gasteiger partial charge < -0.3 is 10.6 Å². The van der Waals surface area contributed by atoms with E-state index in [4.69, 9.17) is 11.6 Å². The fraction of sp³-hybridized carbons (Fsp3) is 0.375. The highest BCUT2D eigenvalue weighted by Crippen LogP contribution is 2.09. The minimum atomic E-state index is 0. The van der Waals surface area contributed by atoms with Crippen LogP contribution in [0.3, 0.4) is 0 Å². The van der Waals surface area contributed by atoms with Crippen molar-refractivity contribution in [1.29, 1.82) is 0 Å². The van der Waals surface area contributed by atoms with Crippen LogP contribution in [-0.2, 0) is 13.1 Å². The molecule has 2 rings (SSSR count). The molecule has 23 heavy (non-hydrogen) atoms. The van der Waals surface area contributed by atoms with Crippen LogP contribution < -0.4 is 10.6 Å². The van der Waals surface area contributed by atoms with E-state index < -0.39 is 0 Å². The van der Waals surface area contributed by atoms with Crippen LogP contribution in [0.25, 0.3) is 0 Å². The highest BCUT2D eigenvalue weighted by molar-refractivity contribution is 14.0. The van der Waals surface area contributed by atoms with Gasteiger partial charge >= 0.3 is 0 Å². The molecule has 0 fully saturated rings. The largest absolute Gasteiger partial charge is 0.356 e. The molecule has 0 spiro atoms. The number of aromatic nitrogens is 2. The molecule has 0 saturated carbocycles. The summed E-state index contributed by atoms with van der Waals surface area (Å²) < 4.78 is 1.94. The lowest BCUT2D eigenvalue weighted by atomic mass is 10.2. The van der Waals surface area contributed by atoms with Crippen molar-refractivity contribution < 1.29 is 0 Å². The summed E-state index contributed by atoms with van der Waals surface area (Å²) >= 11 is 5.88. The fourth-order valence-corrected chi connectivity index (χ4v) is 2.20. The SMILES string of the molecule is CN=C(NCc1ccc(Cl)cc1)NCC(C)Cn1cccn1.I. The van der Waals surface area contributed by atoms with Crippen LogP contribution in [0, 0.1) is 5.92 Å². The van der Waals surface area contributed by atoms with E-state index in [1.807, 2.05) is 41.2 Å². The van der Waals surface area contributed by atoms with Gasteiger partial charge in [-0.25, -0.2) is 0 Å². The predicted molar refractivity (Wildman–Crippen MR) is 106 cm³/mol. The Morgan fingerprint density at radius 3 is 2.65 bits per heavy atom. The van der Waals surface area contributed by atoms with E-state index in [9.17, 15) is 0 Å². The number of rotatable bonds is 6. The van der Waals surface area contributed by atoms with Crippen LogP contribution in [0.4, 0.5) is 0 Å².